The lowest BCUT2D eigenvalue weighted by Gasteiger charge is -2.12. The van der Waals surface area contributed by atoms with Crippen LogP contribution >= 0.6 is 0 Å². The average molecular weight is 425 g/mol. The molecule has 0 amide bonds. The zero-order valence-corrected chi connectivity index (χ0v) is 19.7. The highest BCUT2D eigenvalue weighted by molar-refractivity contribution is 7.85. The molecule has 1 aromatic rings. The number of hydrogen-bond donors (Lipinski definition) is 1. The van der Waals surface area contributed by atoms with Crippen molar-refractivity contribution in [2.24, 2.45) is 0 Å². The lowest BCUT2D eigenvalue weighted by atomic mass is 9.98. The van der Waals surface area contributed by atoms with E-state index in [2.05, 4.69) is 6.92 Å². The molecule has 4 heteroatoms. The Morgan fingerprint density at radius 3 is 1.55 bits per heavy atom. The molecule has 0 aliphatic rings. The summed E-state index contributed by atoms with van der Waals surface area (Å²) in [5.74, 6) is 0. The van der Waals surface area contributed by atoms with Crippen molar-refractivity contribution >= 4 is 10.1 Å². The van der Waals surface area contributed by atoms with Crippen molar-refractivity contribution in [2.75, 3.05) is 0 Å². The molecule has 0 saturated heterocycles. The predicted octanol–water partition coefficient (Wildman–Crippen LogP) is 7.91. The van der Waals surface area contributed by atoms with E-state index in [4.69, 9.17) is 0 Å². The molecule has 29 heavy (non-hydrogen) atoms. The minimum absolute atomic E-state index is 0.0993. The second kappa shape index (κ2) is 15.9. The molecule has 0 heterocycles. The van der Waals surface area contributed by atoms with Gasteiger partial charge in [0.25, 0.3) is 10.1 Å². The van der Waals surface area contributed by atoms with Gasteiger partial charge in [-0.2, -0.15) is 8.42 Å². The predicted molar refractivity (Wildman–Crippen MR) is 124 cm³/mol. The molecule has 0 aromatic heterocycles. The molecule has 0 bridgehead atoms. The van der Waals surface area contributed by atoms with Gasteiger partial charge in [0.05, 0.1) is 4.90 Å². The van der Waals surface area contributed by atoms with Crippen LogP contribution in [0.25, 0.3) is 0 Å². The van der Waals surface area contributed by atoms with E-state index in [-0.39, 0.29) is 4.90 Å². The smallest absolute Gasteiger partial charge is 0.282 e. The molecule has 0 unspecified atom stereocenters. The Labute approximate surface area is 180 Å². The third-order valence-electron chi connectivity index (χ3n) is 5.92. The van der Waals surface area contributed by atoms with Crippen LogP contribution in [0.2, 0.25) is 0 Å². The van der Waals surface area contributed by atoms with Crippen molar-refractivity contribution in [3.63, 3.8) is 0 Å². The largest absolute Gasteiger partial charge is 0.294 e. The highest BCUT2D eigenvalue weighted by Crippen LogP contribution is 2.23. The third-order valence-corrected chi connectivity index (χ3v) is 6.86. The fourth-order valence-corrected chi connectivity index (χ4v) is 4.94. The van der Waals surface area contributed by atoms with Crippen molar-refractivity contribution in [1.82, 2.24) is 0 Å². The summed E-state index contributed by atoms with van der Waals surface area (Å²) in [7, 11) is -4.14. The Bertz CT molecular complexity index is 637. The molecule has 0 spiro atoms. The molecule has 0 fully saturated rings. The minimum Gasteiger partial charge on any atom is -0.282 e. The molecule has 1 aromatic carbocycles. The number of rotatable bonds is 18. The summed E-state index contributed by atoms with van der Waals surface area (Å²) in [5.41, 5.74) is 1.85. The Balaban J connectivity index is 2.08. The maximum Gasteiger partial charge on any atom is 0.294 e. The van der Waals surface area contributed by atoms with Gasteiger partial charge in [0, 0.05) is 0 Å². The summed E-state index contributed by atoms with van der Waals surface area (Å²) in [6.45, 7) is 4.30. The van der Waals surface area contributed by atoms with Crippen LogP contribution < -0.4 is 0 Å². The Kier molecular flexibility index (Phi) is 14.3. The van der Waals surface area contributed by atoms with E-state index in [1.165, 1.54) is 89.5 Å². The Morgan fingerprint density at radius 1 is 0.690 bits per heavy atom. The zero-order chi connectivity index (χ0) is 21.4. The summed E-state index contributed by atoms with van der Waals surface area (Å²) in [6.07, 6.45) is 21.3. The van der Waals surface area contributed by atoms with E-state index >= 15 is 0 Å². The van der Waals surface area contributed by atoms with Crippen molar-refractivity contribution in [3.8, 4) is 0 Å². The molecule has 0 radical (unpaired) electrons. The first-order valence-electron chi connectivity index (χ1n) is 12.1. The van der Waals surface area contributed by atoms with Crippen molar-refractivity contribution in [2.45, 2.75) is 128 Å². The first-order chi connectivity index (χ1) is 14.0. The quantitative estimate of drug-likeness (QED) is 0.192. The topological polar surface area (TPSA) is 54.4 Å². The minimum atomic E-state index is -4.14. The molecule has 1 N–H and O–H groups in total. The second-order valence-corrected chi connectivity index (χ2v) is 9.81. The zero-order valence-electron chi connectivity index (χ0n) is 18.9. The molecule has 0 atom stereocenters. The van der Waals surface area contributed by atoms with Crippen molar-refractivity contribution in [1.29, 1.82) is 0 Å². The van der Waals surface area contributed by atoms with Gasteiger partial charge in [-0.1, -0.05) is 116 Å². The van der Waals surface area contributed by atoms with Gasteiger partial charge in [-0.25, -0.2) is 0 Å². The van der Waals surface area contributed by atoms with E-state index in [1.54, 1.807) is 6.07 Å². The molecule has 168 valence electrons. The number of unbranched alkanes of at least 4 members (excludes halogenated alkanes) is 14. The fraction of sp³-hybridized carbons (Fsp3) is 0.760. The summed E-state index contributed by atoms with van der Waals surface area (Å²) in [6, 6.07) is 5.21. The SMILES string of the molecule is CCCCCCCCCCCCCCCCCc1c(CC)cccc1S(=O)(=O)O. The van der Waals surface area contributed by atoms with E-state index in [9.17, 15) is 13.0 Å². The van der Waals surface area contributed by atoms with Gasteiger partial charge in [-0.15, -0.1) is 0 Å². The first kappa shape index (κ1) is 26.2. The van der Waals surface area contributed by atoms with Crippen molar-refractivity contribution < 1.29 is 13.0 Å². The Hall–Kier alpha value is -0.870. The molecular weight excluding hydrogens is 380 g/mol. The van der Waals surface area contributed by atoms with Gasteiger partial charge in [-0.3, -0.25) is 4.55 Å². The maximum atomic E-state index is 11.6. The monoisotopic (exact) mass is 424 g/mol. The van der Waals surface area contributed by atoms with Crippen LogP contribution in [-0.4, -0.2) is 13.0 Å². The average Bonchev–Trinajstić information content (AvgIpc) is 2.70. The number of aryl methyl sites for hydroxylation is 1. The van der Waals surface area contributed by atoms with Gasteiger partial charge in [0.2, 0.25) is 0 Å². The third kappa shape index (κ3) is 11.8. The summed E-state index contributed by atoms with van der Waals surface area (Å²) in [4.78, 5) is 0.0993. The fourth-order valence-electron chi connectivity index (χ4n) is 4.14. The number of benzene rings is 1. The molecular formula is C25H44O3S. The highest BCUT2D eigenvalue weighted by atomic mass is 32.2. The van der Waals surface area contributed by atoms with Crippen LogP contribution in [-0.2, 0) is 23.0 Å². The lowest BCUT2D eigenvalue weighted by Crippen LogP contribution is -2.06. The normalized spacial score (nSPS) is 11.8. The van der Waals surface area contributed by atoms with Crippen LogP contribution in [0, 0.1) is 0 Å². The lowest BCUT2D eigenvalue weighted by molar-refractivity contribution is 0.481. The second-order valence-electron chi connectivity index (χ2n) is 8.42. The van der Waals surface area contributed by atoms with E-state index < -0.39 is 10.1 Å². The summed E-state index contributed by atoms with van der Waals surface area (Å²) < 4.78 is 32.8. The molecule has 0 aliphatic heterocycles. The standard InChI is InChI=1S/C25H44O3S/c1-3-5-6-7-8-9-10-11-12-13-14-15-16-17-18-21-24-23(4-2)20-19-22-25(24)29(26,27)28/h19-20,22H,3-18,21H2,1-2H3,(H,26,27,28). The van der Waals surface area contributed by atoms with Gasteiger partial charge in [-0.05, 0) is 36.5 Å². The van der Waals surface area contributed by atoms with Crippen LogP contribution in [0.5, 0.6) is 0 Å². The van der Waals surface area contributed by atoms with Gasteiger partial charge in [0.1, 0.15) is 0 Å². The van der Waals surface area contributed by atoms with Gasteiger partial charge < -0.3 is 0 Å². The van der Waals surface area contributed by atoms with Gasteiger partial charge >= 0.3 is 0 Å². The first-order valence-corrected chi connectivity index (χ1v) is 13.5. The summed E-state index contributed by atoms with van der Waals surface area (Å²) in [5, 5.41) is 0. The molecule has 3 nitrogen and oxygen atoms in total. The van der Waals surface area contributed by atoms with E-state index in [0.717, 1.165) is 36.8 Å². The molecule has 0 saturated carbocycles. The highest BCUT2D eigenvalue weighted by Gasteiger charge is 2.17. The van der Waals surface area contributed by atoms with Crippen LogP contribution in [0.3, 0.4) is 0 Å². The van der Waals surface area contributed by atoms with Gasteiger partial charge in [0.15, 0.2) is 0 Å². The van der Waals surface area contributed by atoms with E-state index in [0.29, 0.717) is 0 Å². The maximum absolute atomic E-state index is 11.6. The van der Waals surface area contributed by atoms with E-state index in [1.807, 2.05) is 13.0 Å². The summed E-state index contributed by atoms with van der Waals surface area (Å²) >= 11 is 0. The Morgan fingerprint density at radius 2 is 1.14 bits per heavy atom. The van der Waals surface area contributed by atoms with Crippen LogP contribution in [0.1, 0.15) is 121 Å². The molecule has 1 rings (SSSR count). The van der Waals surface area contributed by atoms with Crippen molar-refractivity contribution in [3.05, 3.63) is 29.3 Å². The molecule has 0 aliphatic carbocycles. The van der Waals surface area contributed by atoms with Crippen LogP contribution in [0.15, 0.2) is 23.1 Å². The van der Waals surface area contributed by atoms with Crippen LogP contribution in [0.4, 0.5) is 0 Å². The number of hydrogen-bond acceptors (Lipinski definition) is 2.